The summed E-state index contributed by atoms with van der Waals surface area (Å²) in [6.07, 6.45) is 5.68. The van der Waals surface area contributed by atoms with Gasteiger partial charge in [0.05, 0.1) is 18.9 Å². The Bertz CT molecular complexity index is 430. The van der Waals surface area contributed by atoms with Crippen LogP contribution in [0.25, 0.3) is 0 Å². The van der Waals surface area contributed by atoms with Gasteiger partial charge in [-0.3, -0.25) is 4.99 Å². The summed E-state index contributed by atoms with van der Waals surface area (Å²) in [7, 11) is 1.80. The van der Waals surface area contributed by atoms with Crippen LogP contribution < -0.4 is 10.6 Å². The first kappa shape index (κ1) is 12.5. The molecule has 1 saturated carbocycles. The van der Waals surface area contributed by atoms with E-state index >= 15 is 0 Å². The van der Waals surface area contributed by atoms with E-state index < -0.39 is 0 Å². The molecule has 1 aromatic rings. The van der Waals surface area contributed by atoms with Crippen molar-refractivity contribution in [1.82, 2.24) is 10.6 Å². The molecule has 0 radical (unpaired) electrons. The first-order valence-corrected chi connectivity index (χ1v) is 6.98. The third-order valence-corrected chi connectivity index (χ3v) is 4.05. The Morgan fingerprint density at radius 2 is 2.47 bits per heavy atom. The molecule has 0 spiro atoms. The summed E-state index contributed by atoms with van der Waals surface area (Å²) in [4.78, 5) is 4.26. The van der Waals surface area contributed by atoms with E-state index in [1.54, 1.807) is 13.3 Å². The van der Waals surface area contributed by atoms with E-state index in [-0.39, 0.29) is 0 Å². The van der Waals surface area contributed by atoms with Crippen LogP contribution in [0, 0.1) is 5.92 Å². The molecule has 2 fully saturated rings. The second-order valence-electron chi connectivity index (χ2n) is 5.21. The molecule has 1 saturated heterocycles. The van der Waals surface area contributed by atoms with E-state index in [1.165, 1.54) is 12.8 Å². The number of aliphatic imine (C=N–C) groups is 1. The van der Waals surface area contributed by atoms with Crippen LogP contribution in [0.3, 0.4) is 0 Å². The van der Waals surface area contributed by atoms with Gasteiger partial charge in [-0.1, -0.05) is 0 Å². The highest BCUT2D eigenvalue weighted by Gasteiger charge is 2.43. The number of furan rings is 1. The van der Waals surface area contributed by atoms with Gasteiger partial charge in [0.2, 0.25) is 0 Å². The average molecular weight is 263 g/mol. The van der Waals surface area contributed by atoms with Gasteiger partial charge < -0.3 is 19.8 Å². The molecule has 5 nitrogen and oxygen atoms in total. The molecule has 2 heterocycles. The summed E-state index contributed by atoms with van der Waals surface area (Å²) in [5.74, 6) is 2.40. The molecule has 3 rings (SSSR count). The summed E-state index contributed by atoms with van der Waals surface area (Å²) in [5.41, 5.74) is 0. The van der Waals surface area contributed by atoms with Crippen molar-refractivity contribution in [1.29, 1.82) is 0 Å². The molecule has 1 aromatic heterocycles. The van der Waals surface area contributed by atoms with Crippen molar-refractivity contribution < 1.29 is 9.15 Å². The standard InChI is InChI=1S/C14H21N3O2/c1-15-14(16-9-10-4-2-6-18-10)17-12-8-13-11(12)5-3-7-19-13/h2,4,6,11-13H,3,5,7-9H2,1H3,(H2,15,16,17). The van der Waals surface area contributed by atoms with Crippen LogP contribution in [0.1, 0.15) is 25.0 Å². The Morgan fingerprint density at radius 3 is 3.21 bits per heavy atom. The lowest BCUT2D eigenvalue weighted by Gasteiger charge is -2.47. The summed E-state index contributed by atoms with van der Waals surface area (Å²) in [5, 5.41) is 6.75. The number of guanidine groups is 1. The Hall–Kier alpha value is -1.49. The Morgan fingerprint density at radius 1 is 1.53 bits per heavy atom. The number of hydrogen-bond donors (Lipinski definition) is 2. The first-order valence-electron chi connectivity index (χ1n) is 6.98. The predicted octanol–water partition coefficient (Wildman–Crippen LogP) is 1.51. The molecule has 1 aliphatic carbocycles. The molecule has 1 aliphatic heterocycles. The van der Waals surface area contributed by atoms with E-state index in [2.05, 4.69) is 15.6 Å². The normalized spacial score (nSPS) is 30.4. The number of rotatable bonds is 3. The van der Waals surface area contributed by atoms with Gasteiger partial charge in [-0.15, -0.1) is 0 Å². The Kier molecular flexibility index (Phi) is 3.73. The molecular formula is C14H21N3O2. The van der Waals surface area contributed by atoms with Crippen LogP contribution in [-0.4, -0.2) is 31.8 Å². The van der Waals surface area contributed by atoms with Crippen molar-refractivity contribution in [3.8, 4) is 0 Å². The quantitative estimate of drug-likeness (QED) is 0.641. The average Bonchev–Trinajstić information content (AvgIpc) is 2.92. The van der Waals surface area contributed by atoms with E-state index in [9.17, 15) is 0 Å². The van der Waals surface area contributed by atoms with E-state index in [4.69, 9.17) is 9.15 Å². The van der Waals surface area contributed by atoms with E-state index in [1.807, 2.05) is 12.1 Å². The van der Waals surface area contributed by atoms with Gasteiger partial charge in [0.15, 0.2) is 5.96 Å². The number of nitrogens with zero attached hydrogens (tertiary/aromatic N) is 1. The van der Waals surface area contributed by atoms with Crippen molar-refractivity contribution >= 4 is 5.96 Å². The highest BCUT2D eigenvalue weighted by atomic mass is 16.5. The number of nitrogens with one attached hydrogen (secondary N) is 2. The number of hydrogen-bond acceptors (Lipinski definition) is 3. The topological polar surface area (TPSA) is 58.8 Å². The lowest BCUT2D eigenvalue weighted by Crippen LogP contribution is -2.59. The Balaban J connectivity index is 1.48. The first-order chi connectivity index (χ1) is 9.36. The zero-order valence-electron chi connectivity index (χ0n) is 11.3. The van der Waals surface area contributed by atoms with Crippen LogP contribution in [0.2, 0.25) is 0 Å². The minimum atomic E-state index is 0.467. The number of ether oxygens (including phenoxy) is 1. The fourth-order valence-electron chi connectivity index (χ4n) is 2.92. The molecule has 19 heavy (non-hydrogen) atoms. The summed E-state index contributed by atoms with van der Waals surface area (Å²) in [6, 6.07) is 4.34. The third-order valence-electron chi connectivity index (χ3n) is 4.05. The van der Waals surface area contributed by atoms with Gasteiger partial charge in [0.1, 0.15) is 5.76 Å². The smallest absolute Gasteiger partial charge is 0.191 e. The maximum atomic E-state index is 5.73. The van der Waals surface area contributed by atoms with Crippen LogP contribution in [0.15, 0.2) is 27.8 Å². The van der Waals surface area contributed by atoms with Crippen molar-refractivity contribution in [2.75, 3.05) is 13.7 Å². The zero-order valence-corrected chi connectivity index (χ0v) is 11.3. The van der Waals surface area contributed by atoms with Gasteiger partial charge in [-0.2, -0.15) is 0 Å². The highest BCUT2D eigenvalue weighted by molar-refractivity contribution is 5.80. The summed E-state index contributed by atoms with van der Waals surface area (Å²) >= 11 is 0. The van der Waals surface area contributed by atoms with Crippen molar-refractivity contribution in [3.05, 3.63) is 24.2 Å². The molecule has 0 amide bonds. The minimum absolute atomic E-state index is 0.467. The second-order valence-corrected chi connectivity index (χ2v) is 5.21. The fraction of sp³-hybridized carbons (Fsp3) is 0.643. The molecule has 3 atom stereocenters. The van der Waals surface area contributed by atoms with Gasteiger partial charge in [0, 0.05) is 25.6 Å². The highest BCUT2D eigenvalue weighted by Crippen LogP contribution is 2.37. The third kappa shape index (κ3) is 2.76. The van der Waals surface area contributed by atoms with Gasteiger partial charge in [-0.05, 0) is 31.4 Å². The predicted molar refractivity (Wildman–Crippen MR) is 72.9 cm³/mol. The maximum absolute atomic E-state index is 5.73. The maximum Gasteiger partial charge on any atom is 0.191 e. The van der Waals surface area contributed by atoms with E-state index in [0.29, 0.717) is 24.6 Å². The lowest BCUT2D eigenvalue weighted by atomic mass is 9.72. The van der Waals surface area contributed by atoms with Crippen molar-refractivity contribution in [3.63, 3.8) is 0 Å². The molecular weight excluding hydrogens is 242 g/mol. The molecule has 104 valence electrons. The largest absolute Gasteiger partial charge is 0.467 e. The molecule has 2 N–H and O–H groups in total. The molecule has 3 unspecified atom stereocenters. The SMILES string of the molecule is CN=C(NCc1ccco1)NC1CC2OCCCC12. The monoisotopic (exact) mass is 263 g/mol. The minimum Gasteiger partial charge on any atom is -0.467 e. The van der Waals surface area contributed by atoms with Crippen LogP contribution in [-0.2, 0) is 11.3 Å². The van der Waals surface area contributed by atoms with Crippen LogP contribution in [0.4, 0.5) is 0 Å². The summed E-state index contributed by atoms with van der Waals surface area (Å²) in [6.45, 7) is 1.59. The lowest BCUT2D eigenvalue weighted by molar-refractivity contribution is -0.0990. The van der Waals surface area contributed by atoms with Crippen LogP contribution >= 0.6 is 0 Å². The fourth-order valence-corrected chi connectivity index (χ4v) is 2.92. The molecule has 0 bridgehead atoms. The van der Waals surface area contributed by atoms with Gasteiger partial charge in [-0.25, -0.2) is 0 Å². The summed E-state index contributed by atoms with van der Waals surface area (Å²) < 4.78 is 11.0. The van der Waals surface area contributed by atoms with Crippen LogP contribution in [0.5, 0.6) is 0 Å². The molecule has 5 heteroatoms. The van der Waals surface area contributed by atoms with Crippen molar-refractivity contribution in [2.24, 2.45) is 10.9 Å². The van der Waals surface area contributed by atoms with Crippen molar-refractivity contribution in [2.45, 2.75) is 38.0 Å². The number of fused-ring (bicyclic) bond motifs is 1. The zero-order chi connectivity index (χ0) is 13.1. The molecule has 0 aromatic carbocycles. The Labute approximate surface area is 113 Å². The van der Waals surface area contributed by atoms with Gasteiger partial charge in [0.25, 0.3) is 0 Å². The van der Waals surface area contributed by atoms with E-state index in [0.717, 1.165) is 24.7 Å². The van der Waals surface area contributed by atoms with Gasteiger partial charge >= 0.3 is 0 Å². The second kappa shape index (κ2) is 5.65. The molecule has 2 aliphatic rings.